The van der Waals surface area contributed by atoms with Crippen molar-refractivity contribution in [3.8, 4) is 5.75 Å². The molecule has 0 heterocycles. The summed E-state index contributed by atoms with van der Waals surface area (Å²) in [4.78, 5) is 11.8. The Balaban J connectivity index is 1.97. The quantitative estimate of drug-likeness (QED) is 0.851. The van der Waals surface area contributed by atoms with Crippen LogP contribution in [0.1, 0.15) is 5.56 Å². The molecule has 2 rings (SSSR count). The van der Waals surface area contributed by atoms with Gasteiger partial charge >= 0.3 is 0 Å². The summed E-state index contributed by atoms with van der Waals surface area (Å²) in [5.74, 6) is -0.532. The molecule has 1 amide bonds. The Hall–Kier alpha value is -2.27. The van der Waals surface area contributed by atoms with Crippen molar-refractivity contribution in [1.29, 1.82) is 0 Å². The molecule has 0 radical (unpaired) electrons. The average Bonchev–Trinajstić information content (AvgIpc) is 2.42. The first-order chi connectivity index (χ1) is 9.95. The first-order valence-electron chi connectivity index (χ1n) is 6.19. The number of nitrogens with two attached hydrogens (primary N) is 1. The summed E-state index contributed by atoms with van der Waals surface area (Å²) in [6.07, 6.45) is 0. The number of anilines is 2. The zero-order valence-corrected chi connectivity index (χ0v) is 12.1. The van der Waals surface area contributed by atoms with Gasteiger partial charge in [-0.2, -0.15) is 0 Å². The SMILES string of the molecule is Cc1ccc(OCC(=O)Nc2cc(F)ccc2N)c(Cl)c1. The second-order valence-corrected chi connectivity index (χ2v) is 4.91. The van der Waals surface area contributed by atoms with Crippen LogP contribution in [0.3, 0.4) is 0 Å². The Morgan fingerprint density at radius 2 is 2.10 bits per heavy atom. The summed E-state index contributed by atoms with van der Waals surface area (Å²) in [6, 6.07) is 8.98. The minimum atomic E-state index is -0.484. The summed E-state index contributed by atoms with van der Waals surface area (Å²) in [5.41, 5.74) is 7.12. The molecule has 0 unspecified atom stereocenters. The predicted molar refractivity (Wildman–Crippen MR) is 81.1 cm³/mol. The molecule has 2 aromatic carbocycles. The average molecular weight is 309 g/mol. The number of nitrogens with one attached hydrogen (secondary N) is 1. The fraction of sp³-hybridized carbons (Fsp3) is 0.133. The molecule has 0 spiro atoms. The van der Waals surface area contributed by atoms with Crippen molar-refractivity contribution in [3.63, 3.8) is 0 Å². The van der Waals surface area contributed by atoms with E-state index in [1.165, 1.54) is 12.1 Å². The molecule has 0 bridgehead atoms. The number of nitrogen functional groups attached to an aromatic ring is 1. The van der Waals surface area contributed by atoms with Crippen LogP contribution in [0, 0.1) is 12.7 Å². The summed E-state index contributed by atoms with van der Waals surface area (Å²) in [6.45, 7) is 1.65. The smallest absolute Gasteiger partial charge is 0.262 e. The second-order valence-electron chi connectivity index (χ2n) is 4.50. The van der Waals surface area contributed by atoms with E-state index in [0.717, 1.165) is 11.6 Å². The summed E-state index contributed by atoms with van der Waals surface area (Å²) in [7, 11) is 0. The normalized spacial score (nSPS) is 10.2. The highest BCUT2D eigenvalue weighted by Crippen LogP contribution is 2.25. The van der Waals surface area contributed by atoms with Crippen molar-refractivity contribution >= 4 is 28.9 Å². The monoisotopic (exact) mass is 308 g/mol. The van der Waals surface area contributed by atoms with Crippen molar-refractivity contribution in [3.05, 3.63) is 52.8 Å². The Morgan fingerprint density at radius 3 is 2.81 bits per heavy atom. The van der Waals surface area contributed by atoms with E-state index in [1.54, 1.807) is 12.1 Å². The molecular weight excluding hydrogens is 295 g/mol. The highest BCUT2D eigenvalue weighted by molar-refractivity contribution is 6.32. The van der Waals surface area contributed by atoms with Crippen molar-refractivity contribution in [1.82, 2.24) is 0 Å². The van der Waals surface area contributed by atoms with E-state index in [1.807, 2.05) is 13.0 Å². The van der Waals surface area contributed by atoms with Gasteiger partial charge in [-0.15, -0.1) is 0 Å². The molecule has 0 saturated heterocycles. The van der Waals surface area contributed by atoms with Gasteiger partial charge in [0.15, 0.2) is 6.61 Å². The van der Waals surface area contributed by atoms with E-state index < -0.39 is 11.7 Å². The molecule has 0 aliphatic carbocycles. The molecular formula is C15H14ClFN2O2. The topological polar surface area (TPSA) is 64.3 Å². The van der Waals surface area contributed by atoms with Crippen LogP contribution in [0.4, 0.5) is 15.8 Å². The summed E-state index contributed by atoms with van der Waals surface area (Å²) in [5, 5.41) is 2.90. The van der Waals surface area contributed by atoms with Gasteiger partial charge in [0.2, 0.25) is 0 Å². The molecule has 6 heteroatoms. The molecule has 0 aromatic heterocycles. The largest absolute Gasteiger partial charge is 0.482 e. The van der Waals surface area contributed by atoms with E-state index in [9.17, 15) is 9.18 Å². The van der Waals surface area contributed by atoms with Gasteiger partial charge in [0.25, 0.3) is 5.91 Å². The maximum Gasteiger partial charge on any atom is 0.262 e. The Bertz CT molecular complexity index is 677. The lowest BCUT2D eigenvalue weighted by atomic mass is 10.2. The lowest BCUT2D eigenvalue weighted by Crippen LogP contribution is -2.21. The predicted octanol–water partition coefficient (Wildman–Crippen LogP) is 3.39. The molecule has 4 nitrogen and oxygen atoms in total. The maximum absolute atomic E-state index is 13.1. The van der Waals surface area contributed by atoms with Crippen LogP contribution < -0.4 is 15.8 Å². The highest BCUT2D eigenvalue weighted by atomic mass is 35.5. The molecule has 3 N–H and O–H groups in total. The van der Waals surface area contributed by atoms with Crippen LogP contribution in [0.2, 0.25) is 5.02 Å². The number of ether oxygens (including phenoxy) is 1. The molecule has 0 atom stereocenters. The van der Waals surface area contributed by atoms with Crippen LogP contribution >= 0.6 is 11.6 Å². The molecule has 2 aromatic rings. The molecule has 0 fully saturated rings. The molecule has 0 saturated carbocycles. The number of amides is 1. The van der Waals surface area contributed by atoms with Crippen LogP contribution in [0.15, 0.2) is 36.4 Å². The van der Waals surface area contributed by atoms with Crippen LogP contribution in [-0.2, 0) is 4.79 Å². The van der Waals surface area contributed by atoms with Crippen LogP contribution in [0.5, 0.6) is 5.75 Å². The minimum absolute atomic E-state index is 0.207. The van der Waals surface area contributed by atoms with E-state index in [-0.39, 0.29) is 18.0 Å². The van der Waals surface area contributed by atoms with Gasteiger partial charge in [-0.05, 0) is 42.8 Å². The van der Waals surface area contributed by atoms with Crippen molar-refractivity contribution in [2.45, 2.75) is 6.92 Å². The minimum Gasteiger partial charge on any atom is -0.482 e. The molecule has 110 valence electrons. The number of carbonyl (C=O) groups is 1. The molecule has 0 aliphatic heterocycles. The number of hydrogen-bond donors (Lipinski definition) is 2. The standard InChI is InChI=1S/C15H14ClFN2O2/c1-9-2-5-14(11(16)6-9)21-8-15(20)19-13-7-10(17)3-4-12(13)18/h2-7H,8,18H2,1H3,(H,19,20). The Kier molecular flexibility index (Phi) is 4.65. The van der Waals surface area contributed by atoms with Gasteiger partial charge in [-0.3, -0.25) is 4.79 Å². The number of hydrogen-bond acceptors (Lipinski definition) is 3. The first-order valence-corrected chi connectivity index (χ1v) is 6.57. The van der Waals surface area contributed by atoms with Crippen LogP contribution in [-0.4, -0.2) is 12.5 Å². The van der Waals surface area contributed by atoms with Gasteiger partial charge in [0.1, 0.15) is 11.6 Å². The fourth-order valence-corrected chi connectivity index (χ4v) is 1.98. The molecule has 21 heavy (non-hydrogen) atoms. The van der Waals surface area contributed by atoms with E-state index in [4.69, 9.17) is 22.1 Å². The number of halogens is 2. The number of benzene rings is 2. The van der Waals surface area contributed by atoms with Crippen molar-refractivity contribution in [2.24, 2.45) is 0 Å². The maximum atomic E-state index is 13.1. The van der Waals surface area contributed by atoms with Gasteiger partial charge in [0.05, 0.1) is 16.4 Å². The van der Waals surface area contributed by atoms with Gasteiger partial charge in [-0.1, -0.05) is 17.7 Å². The number of rotatable bonds is 4. The number of aryl methyl sites for hydroxylation is 1. The summed E-state index contributed by atoms with van der Waals surface area (Å²) >= 11 is 5.99. The van der Waals surface area contributed by atoms with Crippen molar-refractivity contribution in [2.75, 3.05) is 17.7 Å². The Labute approximate surface area is 126 Å². The van der Waals surface area contributed by atoms with E-state index in [2.05, 4.69) is 5.32 Å². The third-order valence-corrected chi connectivity index (χ3v) is 3.03. The van der Waals surface area contributed by atoms with Crippen LogP contribution in [0.25, 0.3) is 0 Å². The molecule has 0 aliphatic rings. The van der Waals surface area contributed by atoms with Crippen molar-refractivity contribution < 1.29 is 13.9 Å². The van der Waals surface area contributed by atoms with Gasteiger partial charge in [-0.25, -0.2) is 4.39 Å². The van der Waals surface area contributed by atoms with E-state index in [0.29, 0.717) is 10.8 Å². The third-order valence-electron chi connectivity index (χ3n) is 2.74. The Morgan fingerprint density at radius 1 is 1.33 bits per heavy atom. The van der Waals surface area contributed by atoms with Gasteiger partial charge in [0, 0.05) is 0 Å². The zero-order valence-electron chi connectivity index (χ0n) is 11.3. The van der Waals surface area contributed by atoms with E-state index >= 15 is 0 Å². The van der Waals surface area contributed by atoms with Gasteiger partial charge < -0.3 is 15.8 Å². The summed E-state index contributed by atoms with van der Waals surface area (Å²) < 4.78 is 18.4. The zero-order chi connectivity index (χ0) is 15.4. The highest BCUT2D eigenvalue weighted by Gasteiger charge is 2.09. The third kappa shape index (κ3) is 4.10. The lowest BCUT2D eigenvalue weighted by molar-refractivity contribution is -0.118. The number of carbonyl (C=O) groups excluding carboxylic acids is 1. The first kappa shape index (κ1) is 15.1. The second kappa shape index (κ2) is 6.45. The fourth-order valence-electron chi connectivity index (χ4n) is 1.69. The lowest BCUT2D eigenvalue weighted by Gasteiger charge is -2.10.